The molecular formula is C10H24N2O2. The Morgan fingerprint density at radius 3 is 2.29 bits per heavy atom. The van der Waals surface area contributed by atoms with Gasteiger partial charge in [-0.05, 0) is 34.1 Å². The van der Waals surface area contributed by atoms with E-state index in [1.807, 2.05) is 27.7 Å². The van der Waals surface area contributed by atoms with Crippen molar-refractivity contribution in [2.45, 2.75) is 51.9 Å². The maximum absolute atomic E-state index is 5.49. The number of methoxy groups -OCH3 is 1. The van der Waals surface area contributed by atoms with Crippen LogP contribution in [0.15, 0.2) is 0 Å². The first-order valence-corrected chi connectivity index (χ1v) is 5.04. The Morgan fingerprint density at radius 2 is 1.93 bits per heavy atom. The number of ether oxygens (including phenoxy) is 2. The summed E-state index contributed by atoms with van der Waals surface area (Å²) in [7, 11) is 1.71. The van der Waals surface area contributed by atoms with Crippen molar-refractivity contribution in [3.8, 4) is 0 Å². The van der Waals surface area contributed by atoms with E-state index in [0.29, 0.717) is 6.61 Å². The van der Waals surface area contributed by atoms with E-state index >= 15 is 0 Å². The van der Waals surface area contributed by atoms with Crippen LogP contribution in [0.5, 0.6) is 0 Å². The monoisotopic (exact) mass is 204 g/mol. The summed E-state index contributed by atoms with van der Waals surface area (Å²) in [6.07, 6.45) is 1.06. The number of nitrogens with one attached hydrogen (secondary N) is 1. The summed E-state index contributed by atoms with van der Waals surface area (Å²) >= 11 is 0. The van der Waals surface area contributed by atoms with Gasteiger partial charge in [0, 0.05) is 13.2 Å². The van der Waals surface area contributed by atoms with E-state index in [9.17, 15) is 0 Å². The van der Waals surface area contributed by atoms with Crippen LogP contribution in [0, 0.1) is 0 Å². The van der Waals surface area contributed by atoms with Crippen LogP contribution in [0.4, 0.5) is 0 Å². The number of rotatable bonds is 7. The van der Waals surface area contributed by atoms with Gasteiger partial charge in [-0.1, -0.05) is 0 Å². The zero-order valence-electron chi connectivity index (χ0n) is 9.96. The van der Waals surface area contributed by atoms with Gasteiger partial charge in [-0.3, -0.25) is 11.3 Å². The first kappa shape index (κ1) is 13.8. The lowest BCUT2D eigenvalue weighted by Gasteiger charge is -2.28. The van der Waals surface area contributed by atoms with Gasteiger partial charge in [0.15, 0.2) is 0 Å². The number of hydrogen-bond donors (Lipinski definition) is 2. The molecule has 1 unspecified atom stereocenters. The Hall–Kier alpha value is -0.160. The molecule has 0 fully saturated rings. The van der Waals surface area contributed by atoms with Crippen molar-refractivity contribution in [1.82, 2.24) is 5.43 Å². The molecule has 4 heteroatoms. The fourth-order valence-electron chi connectivity index (χ4n) is 1.15. The highest BCUT2D eigenvalue weighted by Crippen LogP contribution is 2.15. The van der Waals surface area contributed by atoms with Crippen molar-refractivity contribution in [2.75, 3.05) is 13.7 Å². The van der Waals surface area contributed by atoms with Gasteiger partial charge in [-0.15, -0.1) is 0 Å². The second-order valence-electron chi connectivity index (χ2n) is 4.41. The Labute approximate surface area is 87.1 Å². The number of hydrogen-bond acceptors (Lipinski definition) is 4. The lowest BCUT2D eigenvalue weighted by Crippen LogP contribution is -2.44. The van der Waals surface area contributed by atoms with Crippen molar-refractivity contribution >= 4 is 0 Å². The van der Waals surface area contributed by atoms with E-state index in [2.05, 4.69) is 5.43 Å². The standard InChI is InChI=1S/C10H24N2O2/c1-8(2)14-7-9(12-11)6-10(3,4)13-5/h8-9,12H,6-7,11H2,1-5H3. The summed E-state index contributed by atoms with van der Waals surface area (Å²) in [4.78, 5) is 0. The lowest BCUT2D eigenvalue weighted by molar-refractivity contribution is -0.0114. The first-order valence-electron chi connectivity index (χ1n) is 5.04. The van der Waals surface area contributed by atoms with Crippen LogP contribution >= 0.6 is 0 Å². The molecule has 0 bridgehead atoms. The van der Waals surface area contributed by atoms with E-state index in [-0.39, 0.29) is 17.7 Å². The van der Waals surface area contributed by atoms with Crippen LogP contribution in [-0.4, -0.2) is 31.5 Å². The summed E-state index contributed by atoms with van der Waals surface area (Å²) in [5.41, 5.74) is 2.57. The molecule has 4 nitrogen and oxygen atoms in total. The Bertz CT molecular complexity index is 149. The van der Waals surface area contributed by atoms with Gasteiger partial charge < -0.3 is 9.47 Å². The number of nitrogens with two attached hydrogens (primary N) is 1. The summed E-state index contributed by atoms with van der Waals surface area (Å²) in [6, 6.07) is 0.132. The molecule has 3 N–H and O–H groups in total. The Balaban J connectivity index is 3.90. The molecule has 0 aromatic carbocycles. The van der Waals surface area contributed by atoms with Gasteiger partial charge in [0.25, 0.3) is 0 Å². The van der Waals surface area contributed by atoms with E-state index in [1.54, 1.807) is 7.11 Å². The van der Waals surface area contributed by atoms with Crippen LogP contribution in [0.2, 0.25) is 0 Å². The van der Waals surface area contributed by atoms with Crippen molar-refractivity contribution in [1.29, 1.82) is 0 Å². The van der Waals surface area contributed by atoms with E-state index in [4.69, 9.17) is 15.3 Å². The molecule has 0 radical (unpaired) electrons. The second-order valence-corrected chi connectivity index (χ2v) is 4.41. The van der Waals surface area contributed by atoms with Crippen LogP contribution < -0.4 is 11.3 Å². The van der Waals surface area contributed by atoms with Gasteiger partial charge in [-0.2, -0.15) is 0 Å². The van der Waals surface area contributed by atoms with Gasteiger partial charge in [-0.25, -0.2) is 0 Å². The molecule has 0 amide bonds. The SMILES string of the molecule is COC(C)(C)CC(COC(C)C)NN. The predicted octanol–water partition coefficient (Wildman–Crippen LogP) is 1.06. The fourth-order valence-corrected chi connectivity index (χ4v) is 1.15. The molecule has 0 heterocycles. The van der Waals surface area contributed by atoms with Gasteiger partial charge >= 0.3 is 0 Å². The molecule has 0 saturated carbocycles. The third-order valence-electron chi connectivity index (χ3n) is 2.16. The highest BCUT2D eigenvalue weighted by Gasteiger charge is 2.22. The highest BCUT2D eigenvalue weighted by molar-refractivity contribution is 4.76. The van der Waals surface area contributed by atoms with Gasteiger partial charge in [0.1, 0.15) is 0 Å². The van der Waals surface area contributed by atoms with Crippen molar-refractivity contribution in [2.24, 2.45) is 5.84 Å². The minimum Gasteiger partial charge on any atom is -0.379 e. The molecule has 0 spiro atoms. The smallest absolute Gasteiger partial charge is 0.0639 e. The fraction of sp³-hybridized carbons (Fsp3) is 1.00. The molecule has 0 aromatic heterocycles. The summed E-state index contributed by atoms with van der Waals surface area (Å²) in [5, 5.41) is 0. The minimum absolute atomic E-state index is 0.132. The van der Waals surface area contributed by atoms with Crippen LogP contribution in [0.25, 0.3) is 0 Å². The molecule has 0 aliphatic heterocycles. The lowest BCUT2D eigenvalue weighted by atomic mass is 10.00. The molecule has 0 aliphatic rings. The molecule has 0 aliphatic carbocycles. The maximum atomic E-state index is 5.49. The molecule has 0 saturated heterocycles. The van der Waals surface area contributed by atoms with Gasteiger partial charge in [0.2, 0.25) is 0 Å². The van der Waals surface area contributed by atoms with Crippen LogP contribution in [0.1, 0.15) is 34.1 Å². The predicted molar refractivity (Wildman–Crippen MR) is 57.9 cm³/mol. The van der Waals surface area contributed by atoms with E-state index < -0.39 is 0 Å². The normalized spacial score (nSPS) is 14.8. The topological polar surface area (TPSA) is 56.5 Å². The summed E-state index contributed by atoms with van der Waals surface area (Å²) in [5.74, 6) is 5.44. The minimum atomic E-state index is -0.169. The second kappa shape index (κ2) is 6.35. The largest absolute Gasteiger partial charge is 0.379 e. The van der Waals surface area contributed by atoms with Crippen molar-refractivity contribution in [3.63, 3.8) is 0 Å². The zero-order chi connectivity index (χ0) is 11.2. The van der Waals surface area contributed by atoms with Crippen molar-refractivity contribution < 1.29 is 9.47 Å². The molecule has 0 rings (SSSR count). The average molecular weight is 204 g/mol. The van der Waals surface area contributed by atoms with Crippen molar-refractivity contribution in [3.05, 3.63) is 0 Å². The Morgan fingerprint density at radius 1 is 1.36 bits per heavy atom. The molecule has 0 aromatic rings. The average Bonchev–Trinajstić information content (AvgIpc) is 2.12. The molecule has 1 atom stereocenters. The van der Waals surface area contributed by atoms with E-state index in [1.165, 1.54) is 0 Å². The quantitative estimate of drug-likeness (QED) is 0.481. The van der Waals surface area contributed by atoms with Crippen LogP contribution in [0.3, 0.4) is 0 Å². The summed E-state index contributed by atoms with van der Waals surface area (Å²) < 4.78 is 10.8. The zero-order valence-corrected chi connectivity index (χ0v) is 9.96. The molecule has 14 heavy (non-hydrogen) atoms. The van der Waals surface area contributed by atoms with E-state index in [0.717, 1.165) is 6.42 Å². The third kappa shape index (κ3) is 6.32. The Kier molecular flexibility index (Phi) is 6.27. The molecular weight excluding hydrogens is 180 g/mol. The third-order valence-corrected chi connectivity index (χ3v) is 2.16. The first-order chi connectivity index (χ1) is 6.41. The van der Waals surface area contributed by atoms with Crippen LogP contribution in [-0.2, 0) is 9.47 Å². The molecule has 86 valence electrons. The maximum Gasteiger partial charge on any atom is 0.0639 e. The number of hydrazine groups is 1. The summed E-state index contributed by atoms with van der Waals surface area (Å²) in [6.45, 7) is 8.70. The highest BCUT2D eigenvalue weighted by atomic mass is 16.5. The van der Waals surface area contributed by atoms with Gasteiger partial charge in [0.05, 0.1) is 18.3 Å².